The van der Waals surface area contributed by atoms with Gasteiger partial charge in [0.15, 0.2) is 0 Å². The van der Waals surface area contributed by atoms with Gasteiger partial charge in [-0.05, 0) is 43.5 Å². The first-order valence-corrected chi connectivity index (χ1v) is 14.3. The molecule has 3 aromatic rings. The molecule has 2 aromatic carbocycles. The normalized spacial score (nSPS) is 12.1. The van der Waals surface area contributed by atoms with Crippen LogP contribution in [-0.4, -0.2) is 55.3 Å². The van der Waals surface area contributed by atoms with E-state index < -0.39 is 20.1 Å². The molecule has 196 valence electrons. The number of hydrogen-bond donors (Lipinski definition) is 0. The number of ether oxygens (including phenoxy) is 2. The third-order valence-electron chi connectivity index (χ3n) is 5.48. The van der Waals surface area contributed by atoms with E-state index in [-0.39, 0.29) is 30.7 Å². The molecule has 0 aliphatic carbocycles. The Hall–Kier alpha value is -2.77. The lowest BCUT2D eigenvalue weighted by Crippen LogP contribution is -2.34. The zero-order chi connectivity index (χ0) is 26.5. The second-order valence-electron chi connectivity index (χ2n) is 8.19. The van der Waals surface area contributed by atoms with Crippen LogP contribution in [0.15, 0.2) is 51.9 Å². The monoisotopic (exact) mass is 538 g/mol. The summed E-state index contributed by atoms with van der Waals surface area (Å²) in [5, 5.41) is 3.91. The molecule has 36 heavy (non-hydrogen) atoms. The fraction of sp³-hybridized carbons (Fsp3) is 0.375. The van der Waals surface area contributed by atoms with Gasteiger partial charge < -0.3 is 14.0 Å². The maximum atomic E-state index is 14.0. The molecule has 12 heteroatoms. The number of aromatic nitrogens is 1. The molecule has 10 nitrogen and oxygen atoms in total. The van der Waals surface area contributed by atoms with Crippen LogP contribution in [0.4, 0.5) is 5.88 Å². The summed E-state index contributed by atoms with van der Waals surface area (Å²) in [6.45, 7) is 5.35. The summed E-state index contributed by atoms with van der Waals surface area (Å²) in [6, 6.07) is 11.8. The maximum absolute atomic E-state index is 14.0. The molecule has 0 unspecified atom stereocenters. The Morgan fingerprint density at radius 3 is 2.31 bits per heavy atom. The van der Waals surface area contributed by atoms with Crippen molar-refractivity contribution in [2.45, 2.75) is 32.3 Å². The fourth-order valence-corrected chi connectivity index (χ4v) is 5.38. The van der Waals surface area contributed by atoms with Crippen LogP contribution >= 0.6 is 0 Å². The molecular formula is C24H30N2O8S2. The lowest BCUT2D eigenvalue weighted by molar-refractivity contribution is 0.0744. The minimum Gasteiger partial charge on any atom is -0.382 e. The highest BCUT2D eigenvalue weighted by Gasteiger charge is 2.32. The number of aryl methyl sites for hydroxylation is 2. The van der Waals surface area contributed by atoms with E-state index in [4.69, 9.17) is 18.2 Å². The van der Waals surface area contributed by atoms with Crippen LogP contribution in [0.25, 0.3) is 11.1 Å². The highest BCUT2D eigenvalue weighted by molar-refractivity contribution is 7.93. The molecule has 0 aliphatic rings. The van der Waals surface area contributed by atoms with Gasteiger partial charge >= 0.3 is 0 Å². The van der Waals surface area contributed by atoms with Crippen molar-refractivity contribution < 1.29 is 35.0 Å². The number of nitrogens with zero attached hydrogens (tertiary/aromatic N) is 2. The molecular weight excluding hydrogens is 508 g/mol. The van der Waals surface area contributed by atoms with Crippen molar-refractivity contribution in [3.05, 3.63) is 64.8 Å². The Morgan fingerprint density at radius 2 is 1.69 bits per heavy atom. The van der Waals surface area contributed by atoms with Crippen LogP contribution < -0.4 is 4.31 Å². The van der Waals surface area contributed by atoms with Gasteiger partial charge in [0, 0.05) is 18.2 Å². The molecule has 1 heterocycles. The summed E-state index contributed by atoms with van der Waals surface area (Å²) in [6.07, 6.45) is 0.984. The van der Waals surface area contributed by atoms with E-state index in [1.165, 1.54) is 13.2 Å². The fourth-order valence-electron chi connectivity index (χ4n) is 3.49. The summed E-state index contributed by atoms with van der Waals surface area (Å²) in [7, 11) is -6.22. The number of rotatable bonds is 12. The van der Waals surface area contributed by atoms with E-state index >= 15 is 0 Å². The van der Waals surface area contributed by atoms with E-state index in [0.717, 1.165) is 16.1 Å². The quantitative estimate of drug-likeness (QED) is 0.193. The van der Waals surface area contributed by atoms with Crippen molar-refractivity contribution in [3.8, 4) is 11.1 Å². The molecule has 0 radical (unpaired) electrons. The summed E-state index contributed by atoms with van der Waals surface area (Å²) >= 11 is 0. The molecule has 0 saturated carbocycles. The van der Waals surface area contributed by atoms with E-state index in [1.54, 1.807) is 50.2 Å². The van der Waals surface area contributed by atoms with E-state index in [1.807, 2.05) is 6.92 Å². The maximum Gasteiger partial charge on any atom is 0.269 e. The van der Waals surface area contributed by atoms with Gasteiger partial charge in [0.25, 0.3) is 20.1 Å². The van der Waals surface area contributed by atoms with Crippen LogP contribution in [0.1, 0.15) is 22.4 Å². The molecule has 0 bridgehead atoms. The predicted octanol–water partition coefficient (Wildman–Crippen LogP) is 3.56. The topological polar surface area (TPSA) is 125 Å². The van der Waals surface area contributed by atoms with Crippen molar-refractivity contribution in [1.29, 1.82) is 0 Å². The first-order chi connectivity index (χ1) is 17.0. The van der Waals surface area contributed by atoms with Crippen molar-refractivity contribution in [3.63, 3.8) is 0 Å². The van der Waals surface area contributed by atoms with E-state index in [0.29, 0.717) is 34.6 Å². The zero-order valence-corrected chi connectivity index (χ0v) is 22.5. The van der Waals surface area contributed by atoms with Crippen molar-refractivity contribution >= 4 is 26.0 Å². The van der Waals surface area contributed by atoms with Crippen LogP contribution in [0, 0.1) is 20.8 Å². The third kappa shape index (κ3) is 6.51. The summed E-state index contributed by atoms with van der Waals surface area (Å²) in [4.78, 5) is 0.0528. The van der Waals surface area contributed by atoms with Gasteiger partial charge in [0.1, 0.15) is 6.73 Å². The number of hydrogen-bond acceptors (Lipinski definition) is 9. The zero-order valence-electron chi connectivity index (χ0n) is 20.8. The highest BCUT2D eigenvalue weighted by Crippen LogP contribution is 2.35. The highest BCUT2D eigenvalue weighted by atomic mass is 32.2. The molecule has 0 aliphatic heterocycles. The summed E-state index contributed by atoms with van der Waals surface area (Å²) in [5.41, 5.74) is 3.69. The van der Waals surface area contributed by atoms with Gasteiger partial charge in [-0.15, -0.1) is 0 Å². The van der Waals surface area contributed by atoms with Gasteiger partial charge in [-0.3, -0.25) is 4.18 Å². The second kappa shape index (κ2) is 11.5. The van der Waals surface area contributed by atoms with Gasteiger partial charge in [-0.25, -0.2) is 12.7 Å². The van der Waals surface area contributed by atoms with Gasteiger partial charge in [0.05, 0.1) is 36.7 Å². The molecule has 3 rings (SSSR count). The molecule has 0 spiro atoms. The van der Waals surface area contributed by atoms with E-state index in [9.17, 15) is 16.8 Å². The molecule has 1 aromatic heterocycles. The third-order valence-corrected chi connectivity index (χ3v) is 7.78. The number of sulfonamides is 1. The Bertz CT molecular complexity index is 1420. The minimum atomic E-state index is -4.16. The molecule has 0 atom stereocenters. The number of anilines is 1. The minimum absolute atomic E-state index is 0.0528. The lowest BCUT2D eigenvalue weighted by Gasteiger charge is -2.23. The van der Waals surface area contributed by atoms with Crippen molar-refractivity contribution in [2.75, 3.05) is 37.6 Å². The predicted molar refractivity (Wildman–Crippen MR) is 135 cm³/mol. The van der Waals surface area contributed by atoms with E-state index in [2.05, 4.69) is 5.16 Å². The van der Waals surface area contributed by atoms with Gasteiger partial charge in [0.2, 0.25) is 5.88 Å². The van der Waals surface area contributed by atoms with Crippen molar-refractivity contribution in [1.82, 2.24) is 5.16 Å². The molecule has 0 saturated heterocycles. The molecule has 0 N–H and O–H groups in total. The molecule has 0 amide bonds. The van der Waals surface area contributed by atoms with Gasteiger partial charge in [-0.2, -0.15) is 8.42 Å². The Kier molecular flexibility index (Phi) is 8.90. The Balaban J connectivity index is 2.04. The second-order valence-corrected chi connectivity index (χ2v) is 11.7. The summed E-state index contributed by atoms with van der Waals surface area (Å²) < 4.78 is 72.5. The Labute approximate surface area is 211 Å². The van der Waals surface area contributed by atoms with Crippen LogP contribution in [-0.2, 0) is 40.4 Å². The summed E-state index contributed by atoms with van der Waals surface area (Å²) in [5.74, 6) is 0.0738. The lowest BCUT2D eigenvalue weighted by atomic mass is 9.98. The number of methoxy groups -OCH3 is 1. The van der Waals surface area contributed by atoms with Crippen LogP contribution in [0.2, 0.25) is 0 Å². The largest absolute Gasteiger partial charge is 0.382 e. The Morgan fingerprint density at radius 1 is 0.972 bits per heavy atom. The average molecular weight is 539 g/mol. The molecule has 0 fully saturated rings. The standard InChI is InChI=1S/C24H30N2O8S2/c1-17-14-20(15-33-35(5,27)28)10-11-21(17)22-8-6-7-9-23(22)36(29,30)26(16-32-13-12-31-4)24-18(2)19(3)25-34-24/h6-11,14H,12-13,15-16H2,1-5H3. The van der Waals surface area contributed by atoms with Gasteiger partial charge in [-0.1, -0.05) is 41.6 Å². The first kappa shape index (κ1) is 27.8. The van der Waals surface area contributed by atoms with Crippen LogP contribution in [0.5, 0.6) is 0 Å². The smallest absolute Gasteiger partial charge is 0.269 e. The van der Waals surface area contributed by atoms with Crippen LogP contribution in [0.3, 0.4) is 0 Å². The SMILES string of the molecule is COCCOCN(c1onc(C)c1C)S(=O)(=O)c1ccccc1-c1ccc(COS(C)(=O)=O)cc1C. The number of benzene rings is 2. The first-order valence-electron chi connectivity index (χ1n) is 11.0. The van der Waals surface area contributed by atoms with Crippen molar-refractivity contribution in [2.24, 2.45) is 0 Å². The average Bonchev–Trinajstić information content (AvgIpc) is 3.15.